The lowest BCUT2D eigenvalue weighted by Gasteiger charge is -2.02. The molecule has 2 N–H and O–H groups in total. The van der Waals surface area contributed by atoms with Crippen LogP contribution in [0.1, 0.15) is 6.92 Å². The van der Waals surface area contributed by atoms with Gasteiger partial charge in [0, 0.05) is 0 Å². The fourth-order valence-electron chi connectivity index (χ4n) is 0.883. The van der Waals surface area contributed by atoms with Gasteiger partial charge in [-0.25, -0.2) is 4.79 Å². The molecule has 0 unspecified atom stereocenters. The Morgan fingerprint density at radius 3 is 2.53 bits per heavy atom. The van der Waals surface area contributed by atoms with Crippen LogP contribution in [0.15, 0.2) is 47.6 Å². The van der Waals surface area contributed by atoms with E-state index in [0.717, 1.165) is 5.69 Å². The van der Waals surface area contributed by atoms with E-state index in [0.29, 0.717) is 5.71 Å². The Morgan fingerprint density at radius 2 is 2.00 bits per heavy atom. The third-order valence-corrected chi connectivity index (χ3v) is 1.82. The largest absolute Gasteiger partial charge is 0.478 e. The molecule has 0 saturated heterocycles. The first-order valence-corrected chi connectivity index (χ1v) is 4.39. The van der Waals surface area contributed by atoms with Gasteiger partial charge < -0.3 is 5.11 Å². The van der Waals surface area contributed by atoms with Gasteiger partial charge in [0.25, 0.3) is 0 Å². The minimum absolute atomic E-state index is 0.0153. The summed E-state index contributed by atoms with van der Waals surface area (Å²) in [4.78, 5) is 10.5. The number of rotatable bonds is 4. The molecule has 0 saturated carbocycles. The van der Waals surface area contributed by atoms with E-state index in [1.165, 1.54) is 0 Å². The fourth-order valence-corrected chi connectivity index (χ4v) is 0.883. The highest BCUT2D eigenvalue weighted by molar-refractivity contribution is 6.17. The van der Waals surface area contributed by atoms with Gasteiger partial charge in [0.1, 0.15) is 0 Å². The van der Waals surface area contributed by atoms with E-state index >= 15 is 0 Å². The summed E-state index contributed by atoms with van der Waals surface area (Å²) >= 11 is 0. The Kier molecular flexibility index (Phi) is 3.62. The first-order chi connectivity index (χ1) is 7.11. The van der Waals surface area contributed by atoms with Gasteiger partial charge in [0.2, 0.25) is 0 Å². The number of aliphatic carboxylic acids is 1. The Morgan fingerprint density at radius 1 is 1.40 bits per heavy atom. The molecule has 1 aromatic rings. The van der Waals surface area contributed by atoms with Crippen molar-refractivity contribution in [1.29, 1.82) is 0 Å². The number of carboxylic acid groups (broad SMARTS) is 1. The van der Waals surface area contributed by atoms with Gasteiger partial charge in [0.05, 0.1) is 17.0 Å². The summed E-state index contributed by atoms with van der Waals surface area (Å²) in [5.74, 6) is -1.06. The van der Waals surface area contributed by atoms with Gasteiger partial charge in [-0.2, -0.15) is 5.10 Å². The van der Waals surface area contributed by atoms with Crippen LogP contribution in [0.25, 0.3) is 0 Å². The van der Waals surface area contributed by atoms with Crippen molar-refractivity contribution in [3.8, 4) is 0 Å². The Labute approximate surface area is 87.9 Å². The second-order valence-electron chi connectivity index (χ2n) is 2.96. The Balaban J connectivity index is 2.66. The van der Waals surface area contributed by atoms with Gasteiger partial charge >= 0.3 is 5.97 Å². The number of carbonyl (C=O) groups is 1. The van der Waals surface area contributed by atoms with Crippen LogP contribution in [-0.2, 0) is 4.79 Å². The number of hydrogen-bond donors (Lipinski definition) is 2. The standard InChI is InChI=1S/C11H12N2O2/c1-8(11(14)15)9(2)12-13-10-6-4-3-5-7-10/h3-7,13H,1H2,2H3,(H,14,15)/b12-9-. The summed E-state index contributed by atoms with van der Waals surface area (Å²) in [6, 6.07) is 9.27. The minimum atomic E-state index is -1.06. The predicted molar refractivity (Wildman–Crippen MR) is 59.9 cm³/mol. The molecule has 0 radical (unpaired) electrons. The maximum Gasteiger partial charge on any atom is 0.336 e. The molecule has 0 heterocycles. The first-order valence-electron chi connectivity index (χ1n) is 4.39. The van der Waals surface area contributed by atoms with Crippen molar-refractivity contribution in [2.75, 3.05) is 5.43 Å². The normalized spacial score (nSPS) is 10.9. The molecule has 4 nitrogen and oxygen atoms in total. The van der Waals surface area contributed by atoms with Gasteiger partial charge in [0.15, 0.2) is 0 Å². The van der Waals surface area contributed by atoms with E-state index in [9.17, 15) is 4.79 Å². The van der Waals surface area contributed by atoms with Gasteiger partial charge in [-0.3, -0.25) is 5.43 Å². The van der Waals surface area contributed by atoms with Crippen LogP contribution >= 0.6 is 0 Å². The molecule has 0 aliphatic carbocycles. The third-order valence-electron chi connectivity index (χ3n) is 1.82. The second-order valence-corrected chi connectivity index (χ2v) is 2.96. The van der Waals surface area contributed by atoms with Crippen molar-refractivity contribution in [2.24, 2.45) is 5.10 Å². The predicted octanol–water partition coefficient (Wildman–Crippen LogP) is 2.12. The van der Waals surface area contributed by atoms with E-state index in [2.05, 4.69) is 17.1 Å². The van der Waals surface area contributed by atoms with E-state index in [1.807, 2.05) is 30.3 Å². The highest BCUT2D eigenvalue weighted by atomic mass is 16.4. The van der Waals surface area contributed by atoms with Crippen LogP contribution in [-0.4, -0.2) is 16.8 Å². The first kappa shape index (κ1) is 11.0. The van der Waals surface area contributed by atoms with Gasteiger partial charge in [-0.1, -0.05) is 24.8 Å². The summed E-state index contributed by atoms with van der Waals surface area (Å²) in [5, 5.41) is 12.5. The van der Waals surface area contributed by atoms with Gasteiger partial charge in [-0.05, 0) is 19.1 Å². The summed E-state index contributed by atoms with van der Waals surface area (Å²) in [6.07, 6.45) is 0. The topological polar surface area (TPSA) is 61.7 Å². The molecule has 1 rings (SSSR count). The number of benzene rings is 1. The zero-order chi connectivity index (χ0) is 11.3. The molecule has 0 aliphatic rings. The summed E-state index contributed by atoms with van der Waals surface area (Å²) in [5.41, 5.74) is 3.88. The smallest absolute Gasteiger partial charge is 0.336 e. The summed E-state index contributed by atoms with van der Waals surface area (Å²) < 4.78 is 0. The lowest BCUT2D eigenvalue weighted by atomic mass is 10.2. The molecule has 4 heteroatoms. The quantitative estimate of drug-likeness (QED) is 0.448. The summed E-state index contributed by atoms with van der Waals surface area (Å²) in [7, 11) is 0. The van der Waals surface area contributed by atoms with Crippen LogP contribution in [0.2, 0.25) is 0 Å². The molecular formula is C11H12N2O2. The van der Waals surface area contributed by atoms with Crippen molar-refractivity contribution < 1.29 is 9.90 Å². The molecular weight excluding hydrogens is 192 g/mol. The van der Waals surface area contributed by atoms with Crippen molar-refractivity contribution in [3.05, 3.63) is 42.5 Å². The maximum atomic E-state index is 10.5. The van der Waals surface area contributed by atoms with E-state index < -0.39 is 5.97 Å². The van der Waals surface area contributed by atoms with Crippen molar-refractivity contribution in [2.45, 2.75) is 6.92 Å². The molecule has 0 aliphatic heterocycles. The minimum Gasteiger partial charge on any atom is -0.478 e. The molecule has 0 fully saturated rings. The summed E-state index contributed by atoms with van der Waals surface area (Å²) in [6.45, 7) is 4.99. The van der Waals surface area contributed by atoms with Crippen LogP contribution in [0, 0.1) is 0 Å². The number of nitrogens with zero attached hydrogens (tertiary/aromatic N) is 1. The maximum absolute atomic E-state index is 10.5. The lowest BCUT2D eigenvalue weighted by Crippen LogP contribution is -2.09. The third kappa shape index (κ3) is 3.27. The van der Waals surface area contributed by atoms with Gasteiger partial charge in [-0.15, -0.1) is 0 Å². The van der Waals surface area contributed by atoms with E-state index in [1.54, 1.807) is 6.92 Å². The SMILES string of the molecule is C=C(C(=O)O)/C(C)=N\Nc1ccccc1. The Bertz CT molecular complexity index is 396. The van der Waals surface area contributed by atoms with E-state index in [-0.39, 0.29) is 5.57 Å². The molecule has 0 amide bonds. The Hall–Kier alpha value is -2.10. The zero-order valence-electron chi connectivity index (χ0n) is 8.40. The number of nitrogens with one attached hydrogen (secondary N) is 1. The average molecular weight is 204 g/mol. The number of carboxylic acids is 1. The van der Waals surface area contributed by atoms with Crippen molar-refractivity contribution in [3.63, 3.8) is 0 Å². The number of hydrogen-bond acceptors (Lipinski definition) is 3. The van der Waals surface area contributed by atoms with Crippen molar-refractivity contribution >= 4 is 17.4 Å². The van der Waals surface area contributed by atoms with E-state index in [4.69, 9.17) is 5.11 Å². The molecule has 78 valence electrons. The molecule has 1 aromatic carbocycles. The molecule has 0 atom stereocenters. The molecule has 0 spiro atoms. The molecule has 0 aromatic heterocycles. The van der Waals surface area contributed by atoms with Crippen LogP contribution in [0.4, 0.5) is 5.69 Å². The van der Waals surface area contributed by atoms with Crippen molar-refractivity contribution in [1.82, 2.24) is 0 Å². The zero-order valence-corrected chi connectivity index (χ0v) is 8.40. The molecule has 15 heavy (non-hydrogen) atoms. The average Bonchev–Trinajstić information content (AvgIpc) is 2.26. The van der Waals surface area contributed by atoms with Crippen LogP contribution in [0.5, 0.6) is 0 Å². The number of hydrazone groups is 1. The monoisotopic (exact) mass is 204 g/mol. The van der Waals surface area contributed by atoms with Crippen LogP contribution < -0.4 is 5.43 Å². The highest BCUT2D eigenvalue weighted by Gasteiger charge is 2.06. The number of anilines is 1. The lowest BCUT2D eigenvalue weighted by molar-refractivity contribution is -0.132. The number of para-hydroxylation sites is 1. The second kappa shape index (κ2) is 4.95. The highest BCUT2D eigenvalue weighted by Crippen LogP contribution is 2.05. The molecule has 0 bridgehead atoms. The fraction of sp³-hybridized carbons (Fsp3) is 0.0909. The van der Waals surface area contributed by atoms with Crippen LogP contribution in [0.3, 0.4) is 0 Å².